The largest absolute Gasteiger partial charge is 0.396 e. The molecule has 0 aliphatic carbocycles. The fourth-order valence-electron chi connectivity index (χ4n) is 2.07. The summed E-state index contributed by atoms with van der Waals surface area (Å²) >= 11 is 7.81. The number of thioether (sulfide) groups is 1. The van der Waals surface area contributed by atoms with Gasteiger partial charge in [-0.15, -0.1) is 11.8 Å². The van der Waals surface area contributed by atoms with Gasteiger partial charge >= 0.3 is 0 Å². The van der Waals surface area contributed by atoms with Crippen molar-refractivity contribution in [3.8, 4) is 0 Å². The van der Waals surface area contributed by atoms with Crippen LogP contribution in [0.4, 0.5) is 0 Å². The first-order chi connectivity index (χ1) is 8.94. The van der Waals surface area contributed by atoms with Crippen molar-refractivity contribution in [3.05, 3.63) is 34.9 Å². The summed E-state index contributed by atoms with van der Waals surface area (Å²) in [7, 11) is 0. The van der Waals surface area contributed by atoms with Gasteiger partial charge in [-0.1, -0.05) is 43.6 Å². The number of aliphatic hydroxyl groups excluding tert-OH is 1. The molecule has 1 saturated heterocycles. The molecule has 1 aliphatic heterocycles. The third kappa shape index (κ3) is 3.25. The molecule has 1 unspecified atom stereocenters. The van der Waals surface area contributed by atoms with Gasteiger partial charge in [-0.25, -0.2) is 0 Å². The van der Waals surface area contributed by atoms with E-state index in [9.17, 15) is 9.90 Å². The summed E-state index contributed by atoms with van der Waals surface area (Å²) in [6.45, 7) is 4.49. The van der Waals surface area contributed by atoms with Gasteiger partial charge in [-0.05, 0) is 6.07 Å². The van der Waals surface area contributed by atoms with Crippen LogP contribution in [-0.4, -0.2) is 34.8 Å². The standard InChI is InChI=1S/C14H18ClNO2S/c1-14(2,9-17)8-16-12(18)7-19-13(16)10-5-3-4-6-11(10)15/h3-6,13,17H,7-9H2,1-2H3. The second-order valence-corrected chi connectivity index (χ2v) is 7.00. The van der Waals surface area contributed by atoms with Crippen molar-refractivity contribution < 1.29 is 9.90 Å². The van der Waals surface area contributed by atoms with E-state index in [0.29, 0.717) is 17.3 Å². The lowest BCUT2D eigenvalue weighted by atomic mass is 9.94. The number of carbonyl (C=O) groups is 1. The summed E-state index contributed by atoms with van der Waals surface area (Å²) in [5, 5.41) is 10.0. The Balaban J connectivity index is 2.25. The Hall–Kier alpha value is -0.710. The molecule has 1 N–H and O–H groups in total. The van der Waals surface area contributed by atoms with Crippen LogP contribution in [0.2, 0.25) is 5.02 Å². The van der Waals surface area contributed by atoms with Gasteiger partial charge in [0.05, 0.1) is 5.75 Å². The van der Waals surface area contributed by atoms with Crippen LogP contribution < -0.4 is 0 Å². The molecule has 0 aromatic heterocycles. The molecule has 1 aromatic rings. The molecule has 1 heterocycles. The topological polar surface area (TPSA) is 40.5 Å². The summed E-state index contributed by atoms with van der Waals surface area (Å²) in [4.78, 5) is 13.9. The predicted octanol–water partition coefficient (Wildman–Crippen LogP) is 2.93. The van der Waals surface area contributed by atoms with Crippen LogP contribution in [0, 0.1) is 5.41 Å². The molecule has 1 amide bonds. The van der Waals surface area contributed by atoms with Crippen LogP contribution in [0.1, 0.15) is 24.8 Å². The number of hydrogen-bond acceptors (Lipinski definition) is 3. The molecule has 0 bridgehead atoms. The number of rotatable bonds is 4. The average molecular weight is 300 g/mol. The molecule has 1 aliphatic rings. The number of nitrogens with zero attached hydrogens (tertiary/aromatic N) is 1. The second kappa shape index (κ2) is 5.73. The first kappa shape index (κ1) is 14.7. The zero-order valence-corrected chi connectivity index (χ0v) is 12.7. The Morgan fingerprint density at radius 3 is 2.79 bits per heavy atom. The molecule has 0 spiro atoms. The second-order valence-electron chi connectivity index (χ2n) is 5.53. The van der Waals surface area contributed by atoms with Gasteiger partial charge in [0.1, 0.15) is 5.37 Å². The van der Waals surface area contributed by atoms with E-state index < -0.39 is 0 Å². The Kier molecular flexibility index (Phi) is 4.43. The highest BCUT2D eigenvalue weighted by atomic mass is 35.5. The SMILES string of the molecule is CC(C)(CO)CN1C(=O)CSC1c1ccccc1Cl. The van der Waals surface area contributed by atoms with Crippen LogP contribution in [-0.2, 0) is 4.79 Å². The smallest absolute Gasteiger partial charge is 0.233 e. The van der Waals surface area contributed by atoms with Gasteiger partial charge in [0.15, 0.2) is 0 Å². The van der Waals surface area contributed by atoms with Crippen molar-refractivity contribution >= 4 is 29.3 Å². The molecule has 1 aromatic carbocycles. The van der Waals surface area contributed by atoms with Crippen molar-refractivity contribution in [3.63, 3.8) is 0 Å². The van der Waals surface area contributed by atoms with Crippen molar-refractivity contribution in [1.82, 2.24) is 4.90 Å². The van der Waals surface area contributed by atoms with Gasteiger partial charge in [0.25, 0.3) is 0 Å². The number of carbonyl (C=O) groups excluding carboxylic acids is 1. The normalized spacial score (nSPS) is 20.1. The molecular formula is C14H18ClNO2S. The quantitative estimate of drug-likeness (QED) is 0.929. The Morgan fingerprint density at radius 2 is 2.16 bits per heavy atom. The molecule has 3 nitrogen and oxygen atoms in total. The first-order valence-corrected chi connectivity index (χ1v) is 7.64. The minimum absolute atomic E-state index is 0.0491. The highest BCUT2D eigenvalue weighted by Crippen LogP contribution is 2.42. The molecule has 5 heteroatoms. The molecule has 104 valence electrons. The van der Waals surface area contributed by atoms with Gasteiger partial charge in [0, 0.05) is 29.2 Å². The first-order valence-electron chi connectivity index (χ1n) is 6.21. The van der Waals surface area contributed by atoms with Gasteiger partial charge in [0.2, 0.25) is 5.91 Å². The monoisotopic (exact) mass is 299 g/mol. The molecule has 0 saturated carbocycles. The predicted molar refractivity (Wildman–Crippen MR) is 79.2 cm³/mol. The van der Waals surface area contributed by atoms with E-state index in [1.165, 1.54) is 0 Å². The van der Waals surface area contributed by atoms with E-state index >= 15 is 0 Å². The van der Waals surface area contributed by atoms with Crippen LogP contribution in [0.25, 0.3) is 0 Å². The Morgan fingerprint density at radius 1 is 1.47 bits per heavy atom. The zero-order valence-electron chi connectivity index (χ0n) is 11.1. The van der Waals surface area contributed by atoms with Crippen LogP contribution in [0.5, 0.6) is 0 Å². The number of amides is 1. The van der Waals surface area contributed by atoms with Crippen molar-refractivity contribution in [1.29, 1.82) is 0 Å². The fourth-order valence-corrected chi connectivity index (χ4v) is 3.60. The summed E-state index contributed by atoms with van der Waals surface area (Å²) in [5.41, 5.74) is 0.661. The third-order valence-electron chi connectivity index (χ3n) is 3.17. The van der Waals surface area contributed by atoms with Crippen LogP contribution >= 0.6 is 23.4 Å². The molecule has 0 radical (unpaired) electrons. The van der Waals surface area contributed by atoms with Gasteiger partial charge in [-0.3, -0.25) is 4.79 Å². The molecule has 2 rings (SSSR count). The Bertz CT molecular complexity index is 478. The minimum Gasteiger partial charge on any atom is -0.396 e. The van der Waals surface area contributed by atoms with Crippen molar-refractivity contribution in [2.45, 2.75) is 19.2 Å². The van der Waals surface area contributed by atoms with Crippen molar-refractivity contribution in [2.75, 3.05) is 18.9 Å². The van der Waals surface area contributed by atoms with E-state index in [2.05, 4.69) is 0 Å². The van der Waals surface area contributed by atoms with E-state index in [1.807, 2.05) is 43.0 Å². The average Bonchev–Trinajstić information content (AvgIpc) is 2.71. The van der Waals surface area contributed by atoms with E-state index in [0.717, 1.165) is 5.56 Å². The van der Waals surface area contributed by atoms with Gasteiger partial charge in [-0.2, -0.15) is 0 Å². The number of halogens is 1. The fraction of sp³-hybridized carbons (Fsp3) is 0.500. The van der Waals surface area contributed by atoms with Crippen LogP contribution in [0.15, 0.2) is 24.3 Å². The van der Waals surface area contributed by atoms with E-state index in [-0.39, 0.29) is 23.3 Å². The lowest BCUT2D eigenvalue weighted by Crippen LogP contribution is -2.38. The van der Waals surface area contributed by atoms with Crippen LogP contribution in [0.3, 0.4) is 0 Å². The van der Waals surface area contributed by atoms with Crippen molar-refractivity contribution in [2.24, 2.45) is 5.41 Å². The number of benzene rings is 1. The van der Waals surface area contributed by atoms with E-state index in [4.69, 9.17) is 11.6 Å². The zero-order chi connectivity index (χ0) is 14.0. The molecule has 1 atom stereocenters. The lowest BCUT2D eigenvalue weighted by molar-refractivity contribution is -0.129. The minimum atomic E-state index is -0.305. The molecule has 1 fully saturated rings. The summed E-state index contributed by atoms with van der Waals surface area (Å²) in [6, 6.07) is 7.61. The number of hydrogen-bond donors (Lipinski definition) is 1. The summed E-state index contributed by atoms with van der Waals surface area (Å²) in [5.74, 6) is 0.577. The van der Waals surface area contributed by atoms with Gasteiger partial charge < -0.3 is 10.0 Å². The summed E-state index contributed by atoms with van der Waals surface area (Å²) < 4.78 is 0. The lowest BCUT2D eigenvalue weighted by Gasteiger charge is -2.32. The molecule has 19 heavy (non-hydrogen) atoms. The maximum atomic E-state index is 12.0. The number of aliphatic hydroxyl groups is 1. The maximum absolute atomic E-state index is 12.0. The molecular weight excluding hydrogens is 282 g/mol. The highest BCUT2D eigenvalue weighted by molar-refractivity contribution is 8.00. The Labute approximate surface area is 122 Å². The third-order valence-corrected chi connectivity index (χ3v) is 4.75. The highest BCUT2D eigenvalue weighted by Gasteiger charge is 2.36. The summed E-state index contributed by atoms with van der Waals surface area (Å²) in [6.07, 6.45) is 0. The van der Waals surface area contributed by atoms with E-state index in [1.54, 1.807) is 11.8 Å². The maximum Gasteiger partial charge on any atom is 0.233 e.